The number of aliphatic hydroxyl groups is 1. The molecule has 0 aromatic heterocycles. The summed E-state index contributed by atoms with van der Waals surface area (Å²) in [6, 6.07) is 11.3. The van der Waals surface area contributed by atoms with E-state index in [1.54, 1.807) is 18.2 Å². The van der Waals surface area contributed by atoms with Gasteiger partial charge >= 0.3 is 11.9 Å². The zero-order chi connectivity index (χ0) is 15.4. The van der Waals surface area contributed by atoms with Crippen molar-refractivity contribution >= 4 is 22.7 Å². The van der Waals surface area contributed by atoms with E-state index in [4.69, 9.17) is 15.1 Å². The Bertz CT molecular complexity index is 670. The average molecular weight is 289 g/mol. The number of hydrogen-bond donors (Lipinski definition) is 2. The number of aliphatic hydroxyl groups excluding tert-OH is 1. The normalized spacial score (nSPS) is 12.3. The van der Waals surface area contributed by atoms with Crippen molar-refractivity contribution in [2.24, 2.45) is 0 Å². The second kappa shape index (κ2) is 6.34. The number of benzene rings is 2. The molecule has 2 rings (SSSR count). The first kappa shape index (κ1) is 15.0. The van der Waals surface area contributed by atoms with Crippen LogP contribution in [0.25, 0.3) is 10.8 Å². The molecule has 0 saturated heterocycles. The van der Waals surface area contributed by atoms with Gasteiger partial charge in [-0.2, -0.15) is 0 Å². The van der Waals surface area contributed by atoms with Gasteiger partial charge in [0.25, 0.3) is 0 Å². The first-order valence-corrected chi connectivity index (χ1v) is 6.30. The molecule has 0 saturated carbocycles. The van der Waals surface area contributed by atoms with E-state index in [1.807, 2.05) is 24.3 Å². The van der Waals surface area contributed by atoms with Gasteiger partial charge in [-0.1, -0.05) is 30.3 Å². The SMILES string of the molecule is CN(OC(=O)c1ccc2ccccc2c1)[C@@H](CO)C(=O)O. The van der Waals surface area contributed by atoms with Crippen LogP contribution in [0, 0.1) is 0 Å². The summed E-state index contributed by atoms with van der Waals surface area (Å²) in [5, 5.41) is 20.6. The number of aliphatic carboxylic acids is 1. The highest BCUT2D eigenvalue weighted by Crippen LogP contribution is 2.16. The summed E-state index contributed by atoms with van der Waals surface area (Å²) in [4.78, 5) is 27.8. The molecular formula is C15H15NO5. The molecule has 0 aliphatic rings. The number of fused-ring (bicyclic) bond motifs is 1. The smallest absolute Gasteiger partial charge is 0.357 e. The van der Waals surface area contributed by atoms with Gasteiger partial charge in [0.15, 0.2) is 6.04 Å². The maximum Gasteiger partial charge on any atom is 0.357 e. The Labute approximate surface area is 121 Å². The third-order valence-electron chi connectivity index (χ3n) is 3.11. The number of carboxylic acid groups (broad SMARTS) is 1. The van der Waals surface area contributed by atoms with Gasteiger partial charge in [-0.3, -0.25) is 4.79 Å². The summed E-state index contributed by atoms with van der Waals surface area (Å²) in [5.41, 5.74) is 0.308. The number of rotatable bonds is 5. The summed E-state index contributed by atoms with van der Waals surface area (Å²) in [6.45, 7) is -0.656. The number of likely N-dealkylation sites (N-methyl/N-ethyl adjacent to an activating group) is 1. The molecule has 110 valence electrons. The van der Waals surface area contributed by atoms with Gasteiger partial charge in [0.05, 0.1) is 12.2 Å². The van der Waals surface area contributed by atoms with Crippen LogP contribution in [-0.2, 0) is 9.63 Å². The molecule has 0 aliphatic heterocycles. The number of hydrogen-bond acceptors (Lipinski definition) is 5. The molecule has 0 heterocycles. The van der Waals surface area contributed by atoms with Crippen LogP contribution in [-0.4, -0.2) is 46.9 Å². The van der Waals surface area contributed by atoms with E-state index < -0.39 is 24.6 Å². The molecule has 0 unspecified atom stereocenters. The molecule has 2 aromatic carbocycles. The molecule has 6 nitrogen and oxygen atoms in total. The highest BCUT2D eigenvalue weighted by molar-refractivity contribution is 5.95. The minimum absolute atomic E-state index is 0.308. The van der Waals surface area contributed by atoms with Crippen LogP contribution < -0.4 is 0 Å². The van der Waals surface area contributed by atoms with E-state index in [9.17, 15) is 9.59 Å². The lowest BCUT2D eigenvalue weighted by Gasteiger charge is -2.21. The van der Waals surface area contributed by atoms with Gasteiger partial charge in [-0.15, -0.1) is 5.06 Å². The summed E-state index contributed by atoms with van der Waals surface area (Å²) < 4.78 is 0. The molecular weight excluding hydrogens is 274 g/mol. The molecule has 2 aromatic rings. The van der Waals surface area contributed by atoms with Crippen molar-refractivity contribution in [3.8, 4) is 0 Å². The monoisotopic (exact) mass is 289 g/mol. The van der Waals surface area contributed by atoms with E-state index in [0.717, 1.165) is 15.8 Å². The predicted octanol–water partition coefficient (Wildman–Crippen LogP) is 1.29. The lowest BCUT2D eigenvalue weighted by molar-refractivity contribution is -0.168. The molecule has 21 heavy (non-hydrogen) atoms. The Hall–Kier alpha value is -2.44. The van der Waals surface area contributed by atoms with E-state index in [-0.39, 0.29) is 0 Å². The Morgan fingerprint density at radius 1 is 1.19 bits per heavy atom. The second-order valence-corrected chi connectivity index (χ2v) is 4.52. The van der Waals surface area contributed by atoms with Crippen molar-refractivity contribution in [1.29, 1.82) is 0 Å². The van der Waals surface area contributed by atoms with Crippen molar-refractivity contribution in [3.05, 3.63) is 48.0 Å². The highest BCUT2D eigenvalue weighted by atomic mass is 16.7. The minimum Gasteiger partial charge on any atom is -0.480 e. The Morgan fingerprint density at radius 3 is 2.48 bits per heavy atom. The van der Waals surface area contributed by atoms with Gasteiger partial charge in [-0.05, 0) is 22.9 Å². The zero-order valence-corrected chi connectivity index (χ0v) is 11.4. The standard InChI is InChI=1S/C15H15NO5/c1-16(13(9-17)14(18)19)21-15(20)12-7-6-10-4-2-3-5-11(10)8-12/h2-8,13,17H,9H2,1H3,(H,18,19)/t13-/m0/s1. The fourth-order valence-corrected chi connectivity index (χ4v) is 1.91. The minimum atomic E-state index is -1.30. The van der Waals surface area contributed by atoms with Gasteiger partial charge in [0.1, 0.15) is 0 Å². The van der Waals surface area contributed by atoms with E-state index in [2.05, 4.69) is 0 Å². The summed E-state index contributed by atoms with van der Waals surface area (Å²) in [7, 11) is 1.29. The first-order valence-electron chi connectivity index (χ1n) is 6.30. The largest absolute Gasteiger partial charge is 0.480 e. The van der Waals surface area contributed by atoms with Crippen LogP contribution in [0.15, 0.2) is 42.5 Å². The lowest BCUT2D eigenvalue weighted by Crippen LogP contribution is -2.42. The lowest BCUT2D eigenvalue weighted by atomic mass is 10.1. The molecule has 6 heteroatoms. The van der Waals surface area contributed by atoms with Crippen molar-refractivity contribution in [2.45, 2.75) is 6.04 Å². The predicted molar refractivity (Wildman–Crippen MR) is 75.6 cm³/mol. The van der Waals surface area contributed by atoms with Crippen molar-refractivity contribution in [1.82, 2.24) is 5.06 Å². The third-order valence-corrected chi connectivity index (χ3v) is 3.11. The molecule has 0 spiro atoms. The number of carbonyl (C=O) groups is 2. The summed E-state index contributed by atoms with van der Waals surface area (Å²) in [5.74, 6) is -1.95. The van der Waals surface area contributed by atoms with Crippen LogP contribution in [0.4, 0.5) is 0 Å². The quantitative estimate of drug-likeness (QED) is 0.807. The number of hydroxylamine groups is 2. The summed E-state index contributed by atoms with van der Waals surface area (Å²) in [6.07, 6.45) is 0. The van der Waals surface area contributed by atoms with Gasteiger partial charge < -0.3 is 15.1 Å². The zero-order valence-electron chi connectivity index (χ0n) is 11.4. The van der Waals surface area contributed by atoms with Crippen LogP contribution in [0.3, 0.4) is 0 Å². The van der Waals surface area contributed by atoms with Crippen molar-refractivity contribution in [3.63, 3.8) is 0 Å². The topological polar surface area (TPSA) is 87.1 Å². The van der Waals surface area contributed by atoms with Crippen LogP contribution in [0.1, 0.15) is 10.4 Å². The fourth-order valence-electron chi connectivity index (χ4n) is 1.91. The van der Waals surface area contributed by atoms with E-state index in [0.29, 0.717) is 5.56 Å². The second-order valence-electron chi connectivity index (χ2n) is 4.52. The van der Waals surface area contributed by atoms with Gasteiger partial charge in [0.2, 0.25) is 0 Å². The molecule has 0 bridgehead atoms. The van der Waals surface area contributed by atoms with Gasteiger partial charge in [0, 0.05) is 7.05 Å². The van der Waals surface area contributed by atoms with Gasteiger partial charge in [-0.25, -0.2) is 4.79 Å². The van der Waals surface area contributed by atoms with Crippen molar-refractivity contribution in [2.75, 3.05) is 13.7 Å². The van der Waals surface area contributed by atoms with E-state index in [1.165, 1.54) is 7.05 Å². The number of nitrogens with zero attached hydrogens (tertiary/aromatic N) is 1. The number of carboxylic acids is 1. The third kappa shape index (κ3) is 3.36. The van der Waals surface area contributed by atoms with Crippen molar-refractivity contribution < 1.29 is 24.6 Å². The average Bonchev–Trinajstić information content (AvgIpc) is 2.47. The van der Waals surface area contributed by atoms with Crippen LogP contribution >= 0.6 is 0 Å². The Morgan fingerprint density at radius 2 is 1.86 bits per heavy atom. The first-order chi connectivity index (χ1) is 10.0. The molecule has 2 N–H and O–H groups in total. The highest BCUT2D eigenvalue weighted by Gasteiger charge is 2.25. The fraction of sp³-hybridized carbons (Fsp3) is 0.200. The van der Waals surface area contributed by atoms with Crippen LogP contribution in [0.2, 0.25) is 0 Å². The van der Waals surface area contributed by atoms with E-state index >= 15 is 0 Å². The molecule has 0 radical (unpaired) electrons. The molecule has 1 atom stereocenters. The maximum absolute atomic E-state index is 12.0. The molecule has 0 fully saturated rings. The number of carbonyl (C=O) groups excluding carboxylic acids is 1. The van der Waals surface area contributed by atoms with Crippen LogP contribution in [0.5, 0.6) is 0 Å². The Balaban J connectivity index is 2.16. The summed E-state index contributed by atoms with van der Waals surface area (Å²) >= 11 is 0. The maximum atomic E-state index is 12.0. The molecule has 0 amide bonds. The molecule has 0 aliphatic carbocycles. The Kier molecular flexibility index (Phi) is 4.52.